The second-order valence-corrected chi connectivity index (χ2v) is 9.49. The van der Waals surface area contributed by atoms with E-state index in [4.69, 9.17) is 0 Å². The molecule has 7 nitrogen and oxygen atoms in total. The van der Waals surface area contributed by atoms with Crippen LogP contribution in [0, 0.1) is 33.6 Å². The molecule has 0 aliphatic carbocycles. The molecule has 1 fully saturated rings. The highest BCUT2D eigenvalue weighted by atomic mass is 79.9. The van der Waals surface area contributed by atoms with E-state index in [1.54, 1.807) is 4.68 Å². The van der Waals surface area contributed by atoms with Gasteiger partial charge in [0.05, 0.1) is 12.1 Å². The van der Waals surface area contributed by atoms with Gasteiger partial charge in [-0.1, -0.05) is 22.0 Å². The van der Waals surface area contributed by atoms with Gasteiger partial charge in [-0.05, 0) is 64.3 Å². The molecular formula is C24H29BrN6O. The van der Waals surface area contributed by atoms with Crippen LogP contribution in [0.15, 0.2) is 34.8 Å². The van der Waals surface area contributed by atoms with Crippen molar-refractivity contribution in [2.75, 3.05) is 24.5 Å². The maximum Gasteiger partial charge on any atom is 0.251 e. The third-order valence-corrected chi connectivity index (χ3v) is 6.48. The molecule has 1 aliphatic heterocycles. The fraction of sp³-hybridized carbons (Fsp3) is 0.417. The van der Waals surface area contributed by atoms with E-state index >= 15 is 0 Å². The number of halogens is 1. The summed E-state index contributed by atoms with van der Waals surface area (Å²) in [6.45, 7) is 10.4. The van der Waals surface area contributed by atoms with Crippen molar-refractivity contribution >= 4 is 27.5 Å². The predicted molar refractivity (Wildman–Crippen MR) is 129 cm³/mol. The van der Waals surface area contributed by atoms with Crippen LogP contribution < -0.4 is 10.2 Å². The summed E-state index contributed by atoms with van der Waals surface area (Å²) in [5.74, 6) is 1.03. The highest BCUT2D eigenvalue weighted by Crippen LogP contribution is 2.26. The highest BCUT2D eigenvalue weighted by Gasteiger charge is 2.24. The van der Waals surface area contributed by atoms with E-state index in [-0.39, 0.29) is 5.91 Å². The summed E-state index contributed by atoms with van der Waals surface area (Å²) in [6.07, 6.45) is 1.39. The van der Waals surface area contributed by atoms with Crippen LogP contribution in [-0.2, 0) is 11.2 Å². The van der Waals surface area contributed by atoms with E-state index in [2.05, 4.69) is 59.4 Å². The monoisotopic (exact) mass is 496 g/mol. The molecule has 3 heterocycles. The molecule has 4 rings (SSSR count). The van der Waals surface area contributed by atoms with Crippen LogP contribution in [0.4, 0.5) is 5.69 Å². The molecule has 0 bridgehead atoms. The number of carbonyl (C=O) groups is 1. The molecule has 8 heteroatoms. The van der Waals surface area contributed by atoms with Crippen molar-refractivity contribution in [1.29, 1.82) is 0 Å². The van der Waals surface area contributed by atoms with Gasteiger partial charge in [0.2, 0.25) is 5.91 Å². The Morgan fingerprint density at radius 3 is 2.62 bits per heavy atom. The Morgan fingerprint density at radius 1 is 1.16 bits per heavy atom. The SMILES string of the molecule is Cc1cc(C)nc(-n2nc(C)c(CC(=O)NCC3CCN(c4cccc(Br)c4)C3)c2C)n1. The number of hydrogen-bond acceptors (Lipinski definition) is 5. The number of nitrogens with one attached hydrogen (secondary N) is 1. The van der Waals surface area contributed by atoms with Crippen LogP contribution in [0.5, 0.6) is 0 Å². The van der Waals surface area contributed by atoms with E-state index in [1.165, 1.54) is 5.69 Å². The largest absolute Gasteiger partial charge is 0.371 e. The molecule has 3 aromatic rings. The van der Waals surface area contributed by atoms with Gasteiger partial charge in [-0.25, -0.2) is 14.6 Å². The van der Waals surface area contributed by atoms with E-state index in [0.717, 1.165) is 52.3 Å². The number of rotatable bonds is 6. The Hall–Kier alpha value is -2.74. The third-order valence-electron chi connectivity index (χ3n) is 5.99. The minimum atomic E-state index is 0.0259. The molecule has 168 valence electrons. The first-order valence-electron chi connectivity index (χ1n) is 10.9. The summed E-state index contributed by atoms with van der Waals surface area (Å²) in [4.78, 5) is 24.1. The minimum Gasteiger partial charge on any atom is -0.371 e. The van der Waals surface area contributed by atoms with Crippen LogP contribution in [0.1, 0.15) is 34.8 Å². The Balaban J connectivity index is 1.36. The van der Waals surface area contributed by atoms with Crippen LogP contribution in [-0.4, -0.2) is 45.3 Å². The first-order valence-corrected chi connectivity index (χ1v) is 11.7. The normalized spacial score (nSPS) is 15.9. The van der Waals surface area contributed by atoms with Crippen molar-refractivity contribution in [3.63, 3.8) is 0 Å². The molecular weight excluding hydrogens is 468 g/mol. The summed E-state index contributed by atoms with van der Waals surface area (Å²) >= 11 is 3.54. The molecule has 1 unspecified atom stereocenters. The number of nitrogens with zero attached hydrogens (tertiary/aromatic N) is 5. The minimum absolute atomic E-state index is 0.0259. The zero-order valence-electron chi connectivity index (χ0n) is 19.0. The first-order chi connectivity index (χ1) is 15.3. The van der Waals surface area contributed by atoms with E-state index in [0.29, 0.717) is 24.8 Å². The number of benzene rings is 1. The number of aryl methyl sites for hydroxylation is 3. The summed E-state index contributed by atoms with van der Waals surface area (Å²) < 4.78 is 2.83. The second kappa shape index (κ2) is 9.40. The van der Waals surface area contributed by atoms with Crippen LogP contribution in [0.2, 0.25) is 0 Å². The predicted octanol–water partition coefficient (Wildman–Crippen LogP) is 3.84. The summed E-state index contributed by atoms with van der Waals surface area (Å²) in [5, 5.41) is 7.74. The van der Waals surface area contributed by atoms with Gasteiger partial charge in [-0.3, -0.25) is 4.79 Å². The number of aromatic nitrogens is 4. The quantitative estimate of drug-likeness (QED) is 0.560. The molecule has 1 atom stereocenters. The fourth-order valence-corrected chi connectivity index (χ4v) is 4.70. The van der Waals surface area contributed by atoms with Gasteiger partial charge in [-0.15, -0.1) is 0 Å². The van der Waals surface area contributed by atoms with Crippen molar-refractivity contribution in [1.82, 2.24) is 25.1 Å². The fourth-order valence-electron chi connectivity index (χ4n) is 4.32. The molecule has 0 saturated carbocycles. The maximum atomic E-state index is 12.7. The van der Waals surface area contributed by atoms with E-state index in [1.807, 2.05) is 39.8 Å². The van der Waals surface area contributed by atoms with Gasteiger partial charge in [0, 0.05) is 52.4 Å². The van der Waals surface area contributed by atoms with Gasteiger partial charge in [-0.2, -0.15) is 5.10 Å². The lowest BCUT2D eigenvalue weighted by atomic mass is 10.1. The first kappa shape index (κ1) is 22.5. The van der Waals surface area contributed by atoms with E-state index < -0.39 is 0 Å². The highest BCUT2D eigenvalue weighted by molar-refractivity contribution is 9.10. The van der Waals surface area contributed by atoms with Crippen LogP contribution in [0.3, 0.4) is 0 Å². The molecule has 1 saturated heterocycles. The van der Waals surface area contributed by atoms with Crippen molar-refractivity contribution in [2.24, 2.45) is 5.92 Å². The summed E-state index contributed by atoms with van der Waals surface area (Å²) in [7, 11) is 0. The van der Waals surface area contributed by atoms with Gasteiger partial charge >= 0.3 is 0 Å². The summed E-state index contributed by atoms with van der Waals surface area (Å²) in [5.41, 5.74) is 5.69. The van der Waals surface area contributed by atoms with Gasteiger partial charge in [0.25, 0.3) is 5.95 Å². The van der Waals surface area contributed by atoms with Gasteiger partial charge in [0.15, 0.2) is 0 Å². The lowest BCUT2D eigenvalue weighted by Gasteiger charge is -2.19. The Bertz CT molecular complexity index is 1120. The van der Waals surface area contributed by atoms with Crippen LogP contribution in [0.25, 0.3) is 5.95 Å². The molecule has 1 amide bonds. The zero-order chi connectivity index (χ0) is 22.8. The van der Waals surface area contributed by atoms with E-state index in [9.17, 15) is 4.79 Å². The standard InChI is InChI=1S/C24H29BrN6O/c1-15-10-16(2)28-24(27-15)31-18(4)22(17(3)29-31)12-23(32)26-13-19-8-9-30(14-19)21-7-5-6-20(25)11-21/h5-7,10-11,19H,8-9,12-14H2,1-4H3,(H,26,32). The smallest absolute Gasteiger partial charge is 0.251 e. The second-order valence-electron chi connectivity index (χ2n) is 8.57. The number of carbonyl (C=O) groups excluding carboxylic acids is 1. The molecule has 0 spiro atoms. The van der Waals surface area contributed by atoms with Crippen LogP contribution >= 0.6 is 15.9 Å². The average molecular weight is 497 g/mol. The third kappa shape index (κ3) is 5.01. The number of anilines is 1. The number of hydrogen-bond donors (Lipinski definition) is 1. The number of amides is 1. The Kier molecular flexibility index (Phi) is 6.60. The molecule has 1 N–H and O–H groups in total. The Labute approximate surface area is 197 Å². The lowest BCUT2D eigenvalue weighted by molar-refractivity contribution is -0.120. The van der Waals surface area contributed by atoms with Crippen molar-refractivity contribution in [3.8, 4) is 5.95 Å². The average Bonchev–Trinajstić information content (AvgIpc) is 3.32. The zero-order valence-corrected chi connectivity index (χ0v) is 20.6. The molecule has 2 aromatic heterocycles. The lowest BCUT2D eigenvalue weighted by Crippen LogP contribution is -2.32. The van der Waals surface area contributed by atoms with Gasteiger partial charge < -0.3 is 10.2 Å². The van der Waals surface area contributed by atoms with Crippen molar-refractivity contribution < 1.29 is 4.79 Å². The van der Waals surface area contributed by atoms with Crippen molar-refractivity contribution in [2.45, 2.75) is 40.5 Å². The molecule has 1 aromatic carbocycles. The summed E-state index contributed by atoms with van der Waals surface area (Å²) in [6, 6.07) is 10.3. The maximum absolute atomic E-state index is 12.7. The topological polar surface area (TPSA) is 75.9 Å². The molecule has 32 heavy (non-hydrogen) atoms. The molecule has 0 radical (unpaired) electrons. The molecule has 1 aliphatic rings. The Morgan fingerprint density at radius 2 is 1.91 bits per heavy atom. The van der Waals surface area contributed by atoms with Crippen molar-refractivity contribution in [3.05, 3.63) is 63.1 Å². The van der Waals surface area contributed by atoms with Gasteiger partial charge in [0.1, 0.15) is 0 Å².